The molecule has 1 aromatic heterocycles. The largest absolute Gasteiger partial charge is 0.478 e. The number of carboxylic acid groups (broad SMARTS) is 1. The lowest BCUT2D eigenvalue weighted by Crippen LogP contribution is -2.16. The number of benzene rings is 1. The van der Waals surface area contributed by atoms with Crippen molar-refractivity contribution in [2.45, 2.75) is 13.3 Å². The van der Waals surface area contributed by atoms with Gasteiger partial charge in [-0.25, -0.2) is 14.8 Å². The number of aromatic nitrogens is 2. The van der Waals surface area contributed by atoms with Gasteiger partial charge in [0.15, 0.2) is 0 Å². The maximum Gasteiger partial charge on any atom is 0.335 e. The van der Waals surface area contributed by atoms with Gasteiger partial charge in [0.1, 0.15) is 17.5 Å². The molecule has 0 saturated heterocycles. The standard InChI is InChI=1S/C17H23N5O2/c1-12-19-15(18-8-5-9-22(2)3)11-16(20-12)21-14-7-4-6-13(10-14)17(23)24/h4,6-7,10-11H,5,8-9H2,1-3H3,(H,23,24)(H2,18,19,20,21). The highest BCUT2D eigenvalue weighted by molar-refractivity contribution is 5.89. The zero-order valence-corrected chi connectivity index (χ0v) is 14.2. The van der Waals surface area contributed by atoms with Crippen LogP contribution in [0.25, 0.3) is 0 Å². The Morgan fingerprint density at radius 1 is 1.21 bits per heavy atom. The van der Waals surface area contributed by atoms with Crippen molar-refractivity contribution in [3.63, 3.8) is 0 Å². The first-order valence-electron chi connectivity index (χ1n) is 7.79. The van der Waals surface area contributed by atoms with E-state index in [1.54, 1.807) is 24.3 Å². The van der Waals surface area contributed by atoms with Crippen LogP contribution in [0.2, 0.25) is 0 Å². The average Bonchev–Trinajstić information content (AvgIpc) is 2.51. The second kappa shape index (κ2) is 8.26. The number of aryl methyl sites for hydroxylation is 1. The third-order valence-corrected chi connectivity index (χ3v) is 3.31. The fourth-order valence-corrected chi connectivity index (χ4v) is 2.21. The number of nitrogens with zero attached hydrogens (tertiary/aromatic N) is 3. The Morgan fingerprint density at radius 2 is 1.96 bits per heavy atom. The number of anilines is 3. The lowest BCUT2D eigenvalue weighted by atomic mass is 10.2. The molecule has 0 aliphatic rings. The molecule has 0 aliphatic heterocycles. The first-order chi connectivity index (χ1) is 11.4. The van der Waals surface area contributed by atoms with E-state index in [4.69, 9.17) is 5.11 Å². The van der Waals surface area contributed by atoms with E-state index in [2.05, 4.69) is 25.5 Å². The molecule has 1 aromatic carbocycles. The van der Waals surface area contributed by atoms with E-state index in [0.717, 1.165) is 25.3 Å². The summed E-state index contributed by atoms with van der Waals surface area (Å²) in [6.45, 7) is 3.65. The molecule has 3 N–H and O–H groups in total. The molecular weight excluding hydrogens is 306 g/mol. The van der Waals surface area contributed by atoms with E-state index in [-0.39, 0.29) is 5.56 Å². The zero-order valence-electron chi connectivity index (χ0n) is 14.2. The molecule has 0 aliphatic carbocycles. The number of hydrogen-bond acceptors (Lipinski definition) is 6. The van der Waals surface area contributed by atoms with Crippen LogP contribution >= 0.6 is 0 Å². The third-order valence-electron chi connectivity index (χ3n) is 3.31. The normalized spacial score (nSPS) is 10.7. The van der Waals surface area contributed by atoms with Crippen molar-refractivity contribution in [1.82, 2.24) is 14.9 Å². The maximum absolute atomic E-state index is 11.0. The topological polar surface area (TPSA) is 90.4 Å². The molecular formula is C17H23N5O2. The number of hydrogen-bond donors (Lipinski definition) is 3. The molecule has 0 atom stereocenters. The Bertz CT molecular complexity index is 703. The second-order valence-corrected chi connectivity index (χ2v) is 5.78. The lowest BCUT2D eigenvalue weighted by molar-refractivity contribution is 0.0697. The van der Waals surface area contributed by atoms with Gasteiger partial charge in [0.05, 0.1) is 5.56 Å². The average molecular weight is 329 g/mol. The van der Waals surface area contributed by atoms with E-state index in [9.17, 15) is 4.79 Å². The molecule has 1 heterocycles. The van der Waals surface area contributed by atoms with E-state index in [0.29, 0.717) is 17.3 Å². The van der Waals surface area contributed by atoms with Crippen LogP contribution in [0.3, 0.4) is 0 Å². The number of carbonyl (C=O) groups is 1. The molecule has 128 valence electrons. The molecule has 24 heavy (non-hydrogen) atoms. The maximum atomic E-state index is 11.0. The highest BCUT2D eigenvalue weighted by atomic mass is 16.4. The first kappa shape index (κ1) is 17.7. The van der Waals surface area contributed by atoms with E-state index >= 15 is 0 Å². The lowest BCUT2D eigenvalue weighted by Gasteiger charge is -2.12. The van der Waals surface area contributed by atoms with E-state index < -0.39 is 5.97 Å². The van der Waals surface area contributed by atoms with Crippen molar-refractivity contribution in [2.75, 3.05) is 37.8 Å². The van der Waals surface area contributed by atoms with Gasteiger partial charge in [0.25, 0.3) is 0 Å². The van der Waals surface area contributed by atoms with Gasteiger partial charge in [-0.05, 0) is 52.2 Å². The number of rotatable bonds is 8. The van der Waals surface area contributed by atoms with Gasteiger partial charge in [0, 0.05) is 18.3 Å². The summed E-state index contributed by atoms with van der Waals surface area (Å²) in [5.74, 6) is 1.06. The summed E-state index contributed by atoms with van der Waals surface area (Å²) >= 11 is 0. The predicted octanol–water partition coefficient (Wildman–Crippen LogP) is 2.59. The molecule has 7 nitrogen and oxygen atoms in total. The quantitative estimate of drug-likeness (QED) is 0.641. The van der Waals surface area contributed by atoms with E-state index in [1.807, 2.05) is 27.1 Å². The second-order valence-electron chi connectivity index (χ2n) is 5.78. The van der Waals surface area contributed by atoms with Crippen LogP contribution in [0.4, 0.5) is 17.3 Å². The van der Waals surface area contributed by atoms with Crippen molar-refractivity contribution in [1.29, 1.82) is 0 Å². The minimum atomic E-state index is -0.958. The van der Waals surface area contributed by atoms with Crippen molar-refractivity contribution < 1.29 is 9.90 Å². The molecule has 0 radical (unpaired) electrons. The Hall–Kier alpha value is -2.67. The van der Waals surface area contributed by atoms with Gasteiger partial charge in [-0.3, -0.25) is 0 Å². The molecule has 0 amide bonds. The fourth-order valence-electron chi connectivity index (χ4n) is 2.21. The summed E-state index contributed by atoms with van der Waals surface area (Å²) < 4.78 is 0. The molecule has 0 fully saturated rings. The SMILES string of the molecule is Cc1nc(NCCCN(C)C)cc(Nc2cccc(C(=O)O)c2)n1. The molecule has 2 rings (SSSR count). The van der Waals surface area contributed by atoms with Crippen molar-refractivity contribution in [3.8, 4) is 0 Å². The van der Waals surface area contributed by atoms with Crippen molar-refractivity contribution >= 4 is 23.3 Å². The van der Waals surface area contributed by atoms with Gasteiger partial charge in [-0.1, -0.05) is 6.07 Å². The Kier molecular flexibility index (Phi) is 6.08. The number of nitrogens with one attached hydrogen (secondary N) is 2. The van der Waals surface area contributed by atoms with Crippen molar-refractivity contribution in [2.24, 2.45) is 0 Å². The smallest absolute Gasteiger partial charge is 0.335 e. The summed E-state index contributed by atoms with van der Waals surface area (Å²) in [4.78, 5) is 21.9. The molecule has 0 unspecified atom stereocenters. The van der Waals surface area contributed by atoms with Crippen LogP contribution in [0.15, 0.2) is 30.3 Å². The first-order valence-corrected chi connectivity index (χ1v) is 7.79. The van der Waals surface area contributed by atoms with E-state index in [1.165, 1.54) is 0 Å². The summed E-state index contributed by atoms with van der Waals surface area (Å²) in [6, 6.07) is 8.44. The summed E-state index contributed by atoms with van der Waals surface area (Å²) in [5, 5.41) is 15.5. The Balaban J connectivity index is 2.05. The van der Waals surface area contributed by atoms with Crippen molar-refractivity contribution in [3.05, 3.63) is 41.7 Å². The van der Waals surface area contributed by atoms with Crippen LogP contribution in [0.5, 0.6) is 0 Å². The number of aromatic carboxylic acids is 1. The zero-order chi connectivity index (χ0) is 17.5. The summed E-state index contributed by atoms with van der Waals surface area (Å²) in [5.41, 5.74) is 0.902. The molecule has 0 spiro atoms. The predicted molar refractivity (Wildman–Crippen MR) is 95.1 cm³/mol. The minimum Gasteiger partial charge on any atom is -0.478 e. The highest BCUT2D eigenvalue weighted by Gasteiger charge is 2.06. The molecule has 7 heteroatoms. The van der Waals surface area contributed by atoms with Crippen LogP contribution in [-0.4, -0.2) is 53.1 Å². The fraction of sp³-hybridized carbons (Fsp3) is 0.353. The van der Waals surface area contributed by atoms with Gasteiger partial charge in [0.2, 0.25) is 0 Å². The minimum absolute atomic E-state index is 0.229. The molecule has 0 saturated carbocycles. The highest BCUT2D eigenvalue weighted by Crippen LogP contribution is 2.18. The van der Waals surface area contributed by atoms with Crippen LogP contribution in [-0.2, 0) is 0 Å². The van der Waals surface area contributed by atoms with Crippen LogP contribution < -0.4 is 10.6 Å². The monoisotopic (exact) mass is 329 g/mol. The van der Waals surface area contributed by atoms with Crippen LogP contribution in [0.1, 0.15) is 22.6 Å². The summed E-state index contributed by atoms with van der Waals surface area (Å²) in [6.07, 6.45) is 1.01. The van der Waals surface area contributed by atoms with Gasteiger partial charge in [-0.2, -0.15) is 0 Å². The molecule has 2 aromatic rings. The van der Waals surface area contributed by atoms with Gasteiger partial charge < -0.3 is 20.6 Å². The Morgan fingerprint density at radius 3 is 2.67 bits per heavy atom. The third kappa shape index (κ3) is 5.51. The van der Waals surface area contributed by atoms with Crippen LogP contribution in [0, 0.1) is 6.92 Å². The van der Waals surface area contributed by atoms with Gasteiger partial charge in [-0.15, -0.1) is 0 Å². The van der Waals surface area contributed by atoms with Gasteiger partial charge >= 0.3 is 5.97 Å². The Labute approximate surface area is 141 Å². The number of carboxylic acids is 1. The summed E-state index contributed by atoms with van der Waals surface area (Å²) in [7, 11) is 4.09. The molecule has 0 bridgehead atoms.